The molecular formula is C23H18ClN3O4S2. The third-order valence-electron chi connectivity index (χ3n) is 4.65. The Morgan fingerprint density at radius 3 is 2.39 bits per heavy atom. The second-order valence-corrected chi connectivity index (χ2v) is 9.80. The average molecular weight is 500 g/mol. The van der Waals surface area contributed by atoms with Crippen molar-refractivity contribution >= 4 is 49.7 Å². The third-order valence-corrected chi connectivity index (χ3v) is 7.04. The van der Waals surface area contributed by atoms with Gasteiger partial charge in [0, 0.05) is 16.0 Å². The number of thiazole rings is 1. The summed E-state index contributed by atoms with van der Waals surface area (Å²) in [6.07, 6.45) is 0. The molecule has 0 bridgehead atoms. The fourth-order valence-corrected chi connectivity index (χ4v) is 4.90. The molecular weight excluding hydrogens is 482 g/mol. The van der Waals surface area contributed by atoms with Gasteiger partial charge in [-0.15, -0.1) is 11.3 Å². The Morgan fingerprint density at radius 1 is 1.00 bits per heavy atom. The normalized spacial score (nSPS) is 11.1. The predicted octanol–water partition coefficient (Wildman–Crippen LogP) is 5.53. The number of carbonyl (C=O) groups is 1. The lowest BCUT2D eigenvalue weighted by molar-refractivity contribution is 0.102. The highest BCUT2D eigenvalue weighted by molar-refractivity contribution is 7.92. The summed E-state index contributed by atoms with van der Waals surface area (Å²) >= 11 is 7.11. The zero-order chi connectivity index (χ0) is 23.4. The van der Waals surface area contributed by atoms with E-state index < -0.39 is 15.9 Å². The van der Waals surface area contributed by atoms with Gasteiger partial charge in [0.1, 0.15) is 5.75 Å². The van der Waals surface area contributed by atoms with E-state index in [9.17, 15) is 13.2 Å². The van der Waals surface area contributed by atoms with Gasteiger partial charge in [0.25, 0.3) is 15.9 Å². The van der Waals surface area contributed by atoms with E-state index in [1.54, 1.807) is 19.2 Å². The number of hydrogen-bond acceptors (Lipinski definition) is 6. The Labute approximate surface area is 200 Å². The molecule has 0 fully saturated rings. The monoisotopic (exact) mass is 499 g/mol. The number of ether oxygens (including phenoxy) is 1. The van der Waals surface area contributed by atoms with Crippen LogP contribution in [-0.4, -0.2) is 26.4 Å². The molecule has 1 aromatic heterocycles. The maximum absolute atomic E-state index is 12.9. The summed E-state index contributed by atoms with van der Waals surface area (Å²) in [6.45, 7) is 0. The van der Waals surface area contributed by atoms with Gasteiger partial charge in [-0.05, 0) is 60.7 Å². The highest BCUT2D eigenvalue weighted by atomic mass is 35.5. The van der Waals surface area contributed by atoms with Crippen LogP contribution in [0.15, 0.2) is 83.1 Å². The van der Waals surface area contributed by atoms with E-state index in [1.807, 2.05) is 29.6 Å². The lowest BCUT2D eigenvalue weighted by Crippen LogP contribution is -2.18. The highest BCUT2D eigenvalue weighted by Gasteiger charge is 2.19. The van der Waals surface area contributed by atoms with Gasteiger partial charge >= 0.3 is 0 Å². The van der Waals surface area contributed by atoms with Crippen LogP contribution in [0, 0.1) is 0 Å². The Kier molecular flexibility index (Phi) is 6.64. The standard InChI is InChI=1S/C23H18ClN3O4S2/c1-31-17-10-6-15(7-11-17)21-14-32-23(25-21)26-22(28)19-4-2-3-5-20(19)27-33(29,30)18-12-8-16(24)9-13-18/h2-14,27H,1H3,(H,25,26,28). The molecule has 0 saturated carbocycles. The molecule has 0 saturated heterocycles. The number of methoxy groups -OCH3 is 1. The molecule has 0 unspecified atom stereocenters. The lowest BCUT2D eigenvalue weighted by Gasteiger charge is -2.12. The second kappa shape index (κ2) is 9.62. The predicted molar refractivity (Wildman–Crippen MR) is 131 cm³/mol. The van der Waals surface area contributed by atoms with E-state index in [0.29, 0.717) is 15.8 Å². The van der Waals surface area contributed by atoms with Crippen molar-refractivity contribution in [3.63, 3.8) is 0 Å². The van der Waals surface area contributed by atoms with Gasteiger partial charge in [-0.2, -0.15) is 0 Å². The summed E-state index contributed by atoms with van der Waals surface area (Å²) in [4.78, 5) is 17.4. The topological polar surface area (TPSA) is 97.4 Å². The number of hydrogen-bond donors (Lipinski definition) is 2. The second-order valence-electron chi connectivity index (χ2n) is 6.83. The van der Waals surface area contributed by atoms with Crippen LogP contribution in [0.4, 0.5) is 10.8 Å². The minimum absolute atomic E-state index is 0.0335. The molecule has 4 rings (SSSR count). The molecule has 7 nitrogen and oxygen atoms in total. The van der Waals surface area contributed by atoms with Crippen molar-refractivity contribution in [1.82, 2.24) is 4.98 Å². The molecule has 2 N–H and O–H groups in total. The molecule has 1 amide bonds. The summed E-state index contributed by atoms with van der Waals surface area (Å²) < 4.78 is 33.1. The Morgan fingerprint density at radius 2 is 1.70 bits per heavy atom. The Bertz CT molecular complexity index is 1390. The van der Waals surface area contributed by atoms with Crippen LogP contribution in [0.25, 0.3) is 11.3 Å². The van der Waals surface area contributed by atoms with E-state index in [-0.39, 0.29) is 16.1 Å². The van der Waals surface area contributed by atoms with Crippen LogP contribution in [0.1, 0.15) is 10.4 Å². The third kappa shape index (κ3) is 5.33. The van der Waals surface area contributed by atoms with Crippen molar-refractivity contribution in [2.24, 2.45) is 0 Å². The maximum Gasteiger partial charge on any atom is 0.261 e. The first-order chi connectivity index (χ1) is 15.9. The lowest BCUT2D eigenvalue weighted by atomic mass is 10.1. The summed E-state index contributed by atoms with van der Waals surface area (Å²) in [5.41, 5.74) is 1.89. The van der Waals surface area contributed by atoms with E-state index in [4.69, 9.17) is 16.3 Å². The van der Waals surface area contributed by atoms with Crippen molar-refractivity contribution in [3.05, 3.63) is 88.8 Å². The molecule has 4 aromatic rings. The van der Waals surface area contributed by atoms with Gasteiger partial charge in [-0.1, -0.05) is 23.7 Å². The fourth-order valence-electron chi connectivity index (χ4n) is 2.98. The molecule has 0 aliphatic heterocycles. The molecule has 0 spiro atoms. The molecule has 0 aliphatic rings. The highest BCUT2D eigenvalue weighted by Crippen LogP contribution is 2.28. The molecule has 0 aliphatic carbocycles. The average Bonchev–Trinajstić information content (AvgIpc) is 3.28. The van der Waals surface area contributed by atoms with Gasteiger partial charge in [-0.3, -0.25) is 14.8 Å². The molecule has 0 radical (unpaired) electrons. The summed E-state index contributed by atoms with van der Waals surface area (Å²) in [5, 5.41) is 5.37. The number of nitrogens with zero attached hydrogens (tertiary/aromatic N) is 1. The van der Waals surface area contributed by atoms with Crippen molar-refractivity contribution in [1.29, 1.82) is 0 Å². The number of nitrogens with one attached hydrogen (secondary N) is 2. The zero-order valence-corrected chi connectivity index (χ0v) is 19.7. The molecule has 3 aromatic carbocycles. The first-order valence-corrected chi connectivity index (χ1v) is 12.4. The van der Waals surface area contributed by atoms with Crippen LogP contribution < -0.4 is 14.8 Å². The summed E-state index contributed by atoms with van der Waals surface area (Å²) in [5.74, 6) is 0.250. The maximum atomic E-state index is 12.9. The van der Waals surface area contributed by atoms with Crippen LogP contribution in [0.5, 0.6) is 5.75 Å². The fraction of sp³-hybridized carbons (Fsp3) is 0.0435. The largest absolute Gasteiger partial charge is 0.497 e. The number of para-hydroxylation sites is 1. The van der Waals surface area contributed by atoms with Crippen LogP contribution in [0.2, 0.25) is 5.02 Å². The zero-order valence-electron chi connectivity index (χ0n) is 17.3. The number of halogens is 1. The van der Waals surface area contributed by atoms with Crippen molar-refractivity contribution in [3.8, 4) is 17.0 Å². The quantitative estimate of drug-likeness (QED) is 0.348. The van der Waals surface area contributed by atoms with Gasteiger partial charge < -0.3 is 4.74 Å². The first-order valence-electron chi connectivity index (χ1n) is 9.64. The number of rotatable bonds is 7. The van der Waals surface area contributed by atoms with Crippen LogP contribution in [-0.2, 0) is 10.0 Å². The Balaban J connectivity index is 1.53. The van der Waals surface area contributed by atoms with Crippen molar-refractivity contribution < 1.29 is 17.9 Å². The molecule has 33 heavy (non-hydrogen) atoms. The van der Waals surface area contributed by atoms with E-state index in [2.05, 4.69) is 15.0 Å². The number of anilines is 2. The van der Waals surface area contributed by atoms with E-state index in [0.717, 1.165) is 11.3 Å². The van der Waals surface area contributed by atoms with E-state index in [1.165, 1.54) is 47.7 Å². The summed E-state index contributed by atoms with van der Waals surface area (Å²) in [7, 11) is -2.31. The molecule has 0 atom stereocenters. The number of benzene rings is 3. The number of sulfonamides is 1. The van der Waals surface area contributed by atoms with Gasteiger partial charge in [0.05, 0.1) is 29.0 Å². The van der Waals surface area contributed by atoms with Crippen LogP contribution in [0.3, 0.4) is 0 Å². The van der Waals surface area contributed by atoms with Crippen LogP contribution >= 0.6 is 22.9 Å². The summed E-state index contributed by atoms with van der Waals surface area (Å²) in [6, 6.07) is 19.5. The number of aromatic nitrogens is 1. The smallest absolute Gasteiger partial charge is 0.261 e. The molecule has 168 valence electrons. The van der Waals surface area contributed by atoms with Crippen molar-refractivity contribution in [2.75, 3.05) is 17.1 Å². The van der Waals surface area contributed by atoms with Gasteiger partial charge in [0.15, 0.2) is 5.13 Å². The van der Waals surface area contributed by atoms with E-state index >= 15 is 0 Å². The van der Waals surface area contributed by atoms with Crippen molar-refractivity contribution in [2.45, 2.75) is 4.90 Å². The minimum atomic E-state index is -3.91. The SMILES string of the molecule is COc1ccc(-c2csc(NC(=O)c3ccccc3NS(=O)(=O)c3ccc(Cl)cc3)n2)cc1. The van der Waals surface area contributed by atoms with Gasteiger partial charge in [0.2, 0.25) is 0 Å². The Hall–Kier alpha value is -3.40. The number of carbonyl (C=O) groups excluding carboxylic acids is 1. The number of amides is 1. The molecule has 1 heterocycles. The first kappa shape index (κ1) is 22.8. The minimum Gasteiger partial charge on any atom is -0.497 e. The molecule has 10 heteroatoms. The van der Waals surface area contributed by atoms with Gasteiger partial charge in [-0.25, -0.2) is 13.4 Å².